The van der Waals surface area contributed by atoms with E-state index in [1.165, 1.54) is 41.4 Å². The van der Waals surface area contributed by atoms with Crippen LogP contribution in [0.15, 0.2) is 41.8 Å². The van der Waals surface area contributed by atoms with Crippen molar-refractivity contribution in [1.29, 1.82) is 0 Å². The van der Waals surface area contributed by atoms with Gasteiger partial charge < -0.3 is 4.57 Å². The molecule has 1 aromatic heterocycles. The van der Waals surface area contributed by atoms with E-state index in [0.29, 0.717) is 5.56 Å². The highest BCUT2D eigenvalue weighted by Gasteiger charge is 2.39. The van der Waals surface area contributed by atoms with Gasteiger partial charge in [0.2, 0.25) is 0 Å². The van der Waals surface area contributed by atoms with Gasteiger partial charge in [-0.25, -0.2) is 17.8 Å². The first-order valence-electron chi connectivity index (χ1n) is 6.64. The average Bonchev–Trinajstić information content (AvgIpc) is 3.07. The van der Waals surface area contributed by atoms with Gasteiger partial charge in [-0.05, 0) is 17.7 Å². The molecule has 0 radical (unpaired) electrons. The molecule has 1 aliphatic rings. The number of sulfonamides is 1. The summed E-state index contributed by atoms with van der Waals surface area (Å²) in [6.07, 6.45) is 2.78. The molecule has 2 heterocycles. The summed E-state index contributed by atoms with van der Waals surface area (Å²) < 4.78 is 40.5. The Balaban J connectivity index is 1.87. The zero-order valence-electron chi connectivity index (χ0n) is 11.8. The third kappa shape index (κ3) is 2.55. The van der Waals surface area contributed by atoms with Gasteiger partial charge in [0.1, 0.15) is 5.82 Å². The Labute approximate surface area is 127 Å². The van der Waals surface area contributed by atoms with E-state index in [-0.39, 0.29) is 23.9 Å². The molecule has 116 valence electrons. The van der Waals surface area contributed by atoms with Gasteiger partial charge in [0, 0.05) is 19.8 Å². The summed E-state index contributed by atoms with van der Waals surface area (Å²) in [6, 6.07) is 5.54. The number of carbonyl (C=O) groups is 1. The first kappa shape index (κ1) is 14.9. The molecule has 1 fully saturated rings. The summed E-state index contributed by atoms with van der Waals surface area (Å²) >= 11 is 0. The summed E-state index contributed by atoms with van der Waals surface area (Å²) in [7, 11) is -2.12. The van der Waals surface area contributed by atoms with Crippen LogP contribution in [0.2, 0.25) is 0 Å². The molecule has 0 spiro atoms. The van der Waals surface area contributed by atoms with Crippen LogP contribution in [-0.2, 0) is 21.9 Å². The second kappa shape index (κ2) is 5.29. The van der Waals surface area contributed by atoms with Crippen molar-refractivity contribution in [2.75, 3.05) is 13.1 Å². The van der Waals surface area contributed by atoms with Crippen LogP contribution in [0.3, 0.4) is 0 Å². The second-order valence-electron chi connectivity index (χ2n) is 5.25. The van der Waals surface area contributed by atoms with Crippen LogP contribution in [0.25, 0.3) is 0 Å². The minimum absolute atomic E-state index is 0.0450. The standard InChI is InChI=1S/C14H14FN3O3S/c1-17-8-14(16-9-17)22(20,21)18-6-12(13(19)7-18)10-2-4-11(15)5-3-10/h2-5,8-9,12H,6-7H2,1H3/t12-/m0/s1. The number of aryl methyl sites for hydroxylation is 1. The summed E-state index contributed by atoms with van der Waals surface area (Å²) in [5.74, 6) is -1.17. The van der Waals surface area contributed by atoms with Crippen LogP contribution >= 0.6 is 0 Å². The molecule has 0 amide bonds. The normalized spacial score (nSPS) is 19.7. The lowest BCUT2D eigenvalue weighted by atomic mass is 9.98. The molecular weight excluding hydrogens is 309 g/mol. The molecule has 0 saturated carbocycles. The molecule has 0 unspecified atom stereocenters. The summed E-state index contributed by atoms with van der Waals surface area (Å²) in [4.78, 5) is 16.0. The van der Waals surface area contributed by atoms with Crippen molar-refractivity contribution < 1.29 is 17.6 Å². The van der Waals surface area contributed by atoms with E-state index in [4.69, 9.17) is 0 Å². The van der Waals surface area contributed by atoms with Crippen LogP contribution in [0.1, 0.15) is 11.5 Å². The zero-order valence-corrected chi connectivity index (χ0v) is 12.6. The molecule has 1 atom stereocenters. The molecule has 1 aliphatic heterocycles. The van der Waals surface area contributed by atoms with Crippen molar-refractivity contribution in [3.63, 3.8) is 0 Å². The van der Waals surface area contributed by atoms with Crippen molar-refractivity contribution >= 4 is 15.8 Å². The van der Waals surface area contributed by atoms with E-state index in [1.54, 1.807) is 7.05 Å². The molecule has 0 bridgehead atoms. The number of Topliss-reactive ketones (excluding diaryl/α,β-unsaturated/α-hetero) is 1. The maximum Gasteiger partial charge on any atom is 0.262 e. The predicted molar refractivity (Wildman–Crippen MR) is 76.1 cm³/mol. The first-order chi connectivity index (χ1) is 10.4. The summed E-state index contributed by atoms with van der Waals surface area (Å²) in [5.41, 5.74) is 0.616. The van der Waals surface area contributed by atoms with Gasteiger partial charge in [-0.15, -0.1) is 0 Å². The van der Waals surface area contributed by atoms with Crippen molar-refractivity contribution in [2.24, 2.45) is 7.05 Å². The molecular formula is C14H14FN3O3S. The van der Waals surface area contributed by atoms with E-state index in [9.17, 15) is 17.6 Å². The maximum absolute atomic E-state index is 13.0. The third-order valence-corrected chi connectivity index (χ3v) is 5.36. The van der Waals surface area contributed by atoms with Gasteiger partial charge in [0.05, 0.1) is 18.8 Å². The van der Waals surface area contributed by atoms with Gasteiger partial charge in [-0.2, -0.15) is 4.31 Å². The zero-order chi connectivity index (χ0) is 15.9. The molecule has 0 N–H and O–H groups in total. The Hall–Kier alpha value is -2.06. The van der Waals surface area contributed by atoms with Gasteiger partial charge >= 0.3 is 0 Å². The number of carbonyl (C=O) groups excluding carboxylic acids is 1. The van der Waals surface area contributed by atoms with E-state index in [1.807, 2.05) is 0 Å². The number of rotatable bonds is 3. The predicted octanol–water partition coefficient (Wildman–Crippen LogP) is 0.916. The molecule has 1 aromatic carbocycles. The van der Waals surface area contributed by atoms with E-state index >= 15 is 0 Å². The molecule has 22 heavy (non-hydrogen) atoms. The van der Waals surface area contributed by atoms with Gasteiger partial charge in [0.15, 0.2) is 10.8 Å². The lowest BCUT2D eigenvalue weighted by Gasteiger charge is -2.14. The average molecular weight is 323 g/mol. The smallest absolute Gasteiger partial charge is 0.262 e. The Bertz CT molecular complexity index is 814. The Morgan fingerprint density at radius 3 is 2.55 bits per heavy atom. The fraction of sp³-hybridized carbons (Fsp3) is 0.286. The third-order valence-electron chi connectivity index (χ3n) is 3.66. The van der Waals surface area contributed by atoms with Crippen LogP contribution < -0.4 is 0 Å². The van der Waals surface area contributed by atoms with E-state index in [0.717, 1.165) is 4.31 Å². The fourth-order valence-corrected chi connectivity index (χ4v) is 3.86. The minimum Gasteiger partial charge on any atom is -0.339 e. The Morgan fingerprint density at radius 2 is 1.95 bits per heavy atom. The van der Waals surface area contributed by atoms with Crippen LogP contribution in [0, 0.1) is 5.82 Å². The summed E-state index contributed by atoms with van der Waals surface area (Å²) in [5, 5.41) is -0.0810. The highest BCUT2D eigenvalue weighted by molar-refractivity contribution is 7.89. The van der Waals surface area contributed by atoms with Crippen LogP contribution in [0.5, 0.6) is 0 Å². The highest BCUT2D eigenvalue weighted by atomic mass is 32.2. The number of aromatic nitrogens is 2. The summed E-state index contributed by atoms with van der Waals surface area (Å²) in [6.45, 7) is -0.148. The number of ketones is 1. The molecule has 3 rings (SSSR count). The quantitative estimate of drug-likeness (QED) is 0.842. The maximum atomic E-state index is 13.0. The molecule has 6 nitrogen and oxygen atoms in total. The van der Waals surface area contributed by atoms with Gasteiger partial charge in [-0.3, -0.25) is 4.79 Å². The molecule has 8 heteroatoms. The minimum atomic E-state index is -3.79. The monoisotopic (exact) mass is 323 g/mol. The van der Waals surface area contributed by atoms with Crippen molar-refractivity contribution in [2.45, 2.75) is 10.9 Å². The lowest BCUT2D eigenvalue weighted by molar-refractivity contribution is -0.117. The lowest BCUT2D eigenvalue weighted by Crippen LogP contribution is -2.29. The largest absolute Gasteiger partial charge is 0.339 e. The van der Waals surface area contributed by atoms with E-state index < -0.39 is 21.8 Å². The molecule has 0 aliphatic carbocycles. The fourth-order valence-electron chi connectivity index (χ4n) is 2.48. The van der Waals surface area contributed by atoms with E-state index in [2.05, 4.69) is 4.98 Å². The number of benzene rings is 1. The number of nitrogens with zero attached hydrogens (tertiary/aromatic N) is 3. The number of imidazole rings is 1. The number of hydrogen-bond acceptors (Lipinski definition) is 4. The first-order valence-corrected chi connectivity index (χ1v) is 8.08. The van der Waals surface area contributed by atoms with Gasteiger partial charge in [-0.1, -0.05) is 12.1 Å². The molecule has 1 saturated heterocycles. The highest BCUT2D eigenvalue weighted by Crippen LogP contribution is 2.28. The van der Waals surface area contributed by atoms with Crippen molar-refractivity contribution in [1.82, 2.24) is 13.9 Å². The number of hydrogen-bond donors (Lipinski definition) is 0. The van der Waals surface area contributed by atoms with Crippen molar-refractivity contribution in [3.05, 3.63) is 48.2 Å². The topological polar surface area (TPSA) is 72.3 Å². The van der Waals surface area contributed by atoms with Crippen LogP contribution in [-0.4, -0.2) is 41.1 Å². The number of halogens is 1. The second-order valence-corrected chi connectivity index (χ2v) is 7.13. The Morgan fingerprint density at radius 1 is 1.27 bits per heavy atom. The van der Waals surface area contributed by atoms with Crippen molar-refractivity contribution in [3.8, 4) is 0 Å². The van der Waals surface area contributed by atoms with Gasteiger partial charge in [0.25, 0.3) is 10.0 Å². The van der Waals surface area contributed by atoms with Crippen LogP contribution in [0.4, 0.5) is 4.39 Å². The SMILES string of the molecule is Cn1cnc(S(=O)(=O)N2CC(=O)[C@H](c3ccc(F)cc3)C2)c1. The molecule has 2 aromatic rings. The Kier molecular flexibility index (Phi) is 3.57.